The highest BCUT2D eigenvalue weighted by atomic mass is 16.5. The Morgan fingerprint density at radius 3 is 2.09 bits per heavy atom. The summed E-state index contributed by atoms with van der Waals surface area (Å²) in [5.74, 6) is 0.412. The molecule has 0 radical (unpaired) electrons. The number of amides is 1. The Kier molecular flexibility index (Phi) is 7.92. The van der Waals surface area contributed by atoms with Gasteiger partial charge < -0.3 is 24.5 Å². The van der Waals surface area contributed by atoms with Gasteiger partial charge in [0.25, 0.3) is 5.91 Å². The molecule has 0 saturated carbocycles. The number of ether oxygens (including phenoxy) is 3. The van der Waals surface area contributed by atoms with Crippen LogP contribution >= 0.6 is 0 Å². The van der Waals surface area contributed by atoms with Gasteiger partial charge in [-0.05, 0) is 54.1 Å². The molecule has 1 amide bonds. The second-order valence-electron chi connectivity index (χ2n) is 10.2. The third kappa shape index (κ3) is 5.67. The fourth-order valence-electron chi connectivity index (χ4n) is 5.24. The van der Waals surface area contributed by atoms with Crippen LogP contribution in [0, 0.1) is 0 Å². The number of carbonyl (C=O) groups excluding carboxylic acids is 2. The molecule has 0 fully saturated rings. The molecule has 2 heterocycles. The second-order valence-corrected chi connectivity index (χ2v) is 10.2. The molecule has 9 nitrogen and oxygen atoms in total. The van der Waals surface area contributed by atoms with Crippen LogP contribution in [0.3, 0.4) is 0 Å². The van der Waals surface area contributed by atoms with Crippen molar-refractivity contribution < 1.29 is 23.8 Å². The van der Waals surface area contributed by atoms with E-state index in [1.54, 1.807) is 32.4 Å². The van der Waals surface area contributed by atoms with Gasteiger partial charge in [-0.3, -0.25) is 4.79 Å². The molecule has 220 valence electrons. The van der Waals surface area contributed by atoms with Gasteiger partial charge in [0.1, 0.15) is 17.5 Å². The smallest absolute Gasteiger partial charge is 0.328 e. The summed E-state index contributed by atoms with van der Waals surface area (Å²) in [4.78, 5) is 39.4. The van der Waals surface area contributed by atoms with Crippen molar-refractivity contribution in [2.24, 2.45) is 0 Å². The highest BCUT2D eigenvalue weighted by Crippen LogP contribution is 2.34. The van der Waals surface area contributed by atoms with Crippen LogP contribution in [0.25, 0.3) is 44.5 Å². The van der Waals surface area contributed by atoms with Crippen LogP contribution in [0.4, 0.5) is 0 Å². The van der Waals surface area contributed by atoms with E-state index in [0.717, 1.165) is 27.6 Å². The molecule has 0 aliphatic carbocycles. The van der Waals surface area contributed by atoms with Gasteiger partial charge in [0.05, 0.1) is 43.8 Å². The summed E-state index contributed by atoms with van der Waals surface area (Å²) >= 11 is 0. The first-order valence-corrected chi connectivity index (χ1v) is 14.0. The van der Waals surface area contributed by atoms with Gasteiger partial charge in [-0.15, -0.1) is 0 Å². The highest BCUT2D eigenvalue weighted by Gasteiger charge is 2.24. The number of hydrogen-bond donors (Lipinski definition) is 2. The summed E-state index contributed by atoms with van der Waals surface area (Å²) in [7, 11) is 4.54. The van der Waals surface area contributed by atoms with Crippen molar-refractivity contribution in [3.05, 3.63) is 108 Å². The minimum atomic E-state index is -0.892. The molecule has 6 aromatic rings. The number of nitrogens with one attached hydrogen (secondary N) is 2. The maximum absolute atomic E-state index is 13.5. The van der Waals surface area contributed by atoms with E-state index >= 15 is 0 Å². The fourth-order valence-corrected chi connectivity index (χ4v) is 5.24. The highest BCUT2D eigenvalue weighted by molar-refractivity contribution is 6.00. The lowest BCUT2D eigenvalue weighted by molar-refractivity contribution is -0.142. The predicted molar refractivity (Wildman–Crippen MR) is 169 cm³/mol. The first kappa shape index (κ1) is 28.4. The van der Waals surface area contributed by atoms with Gasteiger partial charge in [-0.2, -0.15) is 0 Å². The maximum Gasteiger partial charge on any atom is 0.328 e. The minimum Gasteiger partial charge on any atom is -0.497 e. The number of carbonyl (C=O) groups is 2. The van der Waals surface area contributed by atoms with Gasteiger partial charge >= 0.3 is 5.97 Å². The minimum absolute atomic E-state index is 0.264. The summed E-state index contributed by atoms with van der Waals surface area (Å²) < 4.78 is 15.9. The van der Waals surface area contributed by atoms with E-state index in [9.17, 15) is 9.59 Å². The lowest BCUT2D eigenvalue weighted by Gasteiger charge is -2.17. The zero-order valence-electron chi connectivity index (χ0n) is 24.5. The van der Waals surface area contributed by atoms with Crippen LogP contribution < -0.4 is 14.8 Å². The van der Waals surface area contributed by atoms with Crippen LogP contribution in [0.2, 0.25) is 0 Å². The molecule has 0 spiro atoms. The number of esters is 1. The Bertz CT molecular complexity index is 2000. The number of fused-ring (bicyclic) bond motifs is 2. The molecule has 0 unspecified atom stereocenters. The third-order valence-electron chi connectivity index (χ3n) is 7.50. The quantitative estimate of drug-likeness (QED) is 0.200. The van der Waals surface area contributed by atoms with Crippen LogP contribution in [0.15, 0.2) is 97.2 Å². The van der Waals surface area contributed by atoms with Crippen LogP contribution in [0.5, 0.6) is 11.5 Å². The van der Waals surface area contributed by atoms with E-state index in [-0.39, 0.29) is 6.42 Å². The van der Waals surface area contributed by atoms with E-state index < -0.39 is 17.9 Å². The number of aromatic nitrogens is 3. The Morgan fingerprint density at radius 1 is 0.773 bits per heavy atom. The normalized spacial score (nSPS) is 11.7. The molecule has 2 N–H and O–H groups in total. The monoisotopic (exact) mass is 586 g/mol. The van der Waals surface area contributed by atoms with Crippen molar-refractivity contribution in [1.29, 1.82) is 0 Å². The fraction of sp³-hybridized carbons (Fsp3) is 0.143. The summed E-state index contributed by atoms with van der Waals surface area (Å²) in [5.41, 5.74) is 6.22. The van der Waals surface area contributed by atoms with Gasteiger partial charge in [-0.1, -0.05) is 42.5 Å². The number of benzene rings is 4. The summed E-state index contributed by atoms with van der Waals surface area (Å²) in [6.07, 6.45) is 2.11. The number of nitrogens with zero attached hydrogens (tertiary/aromatic N) is 2. The van der Waals surface area contributed by atoms with Crippen LogP contribution in [-0.4, -0.2) is 54.2 Å². The summed E-state index contributed by atoms with van der Waals surface area (Å²) in [6.45, 7) is 0. The zero-order valence-corrected chi connectivity index (χ0v) is 24.5. The molecule has 0 saturated heterocycles. The third-order valence-corrected chi connectivity index (χ3v) is 7.50. The van der Waals surface area contributed by atoms with E-state index in [2.05, 4.69) is 10.3 Å². The largest absolute Gasteiger partial charge is 0.497 e. The Balaban J connectivity index is 1.37. The zero-order chi connectivity index (χ0) is 30.6. The van der Waals surface area contributed by atoms with Gasteiger partial charge in [0.2, 0.25) is 0 Å². The van der Waals surface area contributed by atoms with Gasteiger partial charge in [-0.25, -0.2) is 14.8 Å². The van der Waals surface area contributed by atoms with Crippen molar-refractivity contribution >= 4 is 33.8 Å². The molecule has 2 aromatic heterocycles. The van der Waals surface area contributed by atoms with Crippen molar-refractivity contribution in [1.82, 2.24) is 20.3 Å². The topological polar surface area (TPSA) is 115 Å². The Hall–Kier alpha value is -5.70. The Morgan fingerprint density at radius 2 is 1.43 bits per heavy atom. The van der Waals surface area contributed by atoms with Gasteiger partial charge in [0.15, 0.2) is 0 Å². The van der Waals surface area contributed by atoms with E-state index in [1.165, 1.54) is 7.11 Å². The van der Waals surface area contributed by atoms with E-state index in [4.69, 9.17) is 24.2 Å². The first-order chi connectivity index (χ1) is 21.5. The first-order valence-electron chi connectivity index (χ1n) is 14.0. The molecular formula is C35H30N4O5. The number of methoxy groups -OCH3 is 3. The van der Waals surface area contributed by atoms with Crippen LogP contribution in [-0.2, 0) is 16.0 Å². The number of hydrogen-bond acceptors (Lipinski definition) is 7. The lowest BCUT2D eigenvalue weighted by Crippen LogP contribution is -2.43. The summed E-state index contributed by atoms with van der Waals surface area (Å²) in [6, 6.07) is 27.2. The maximum atomic E-state index is 13.5. The van der Waals surface area contributed by atoms with Crippen molar-refractivity contribution in [2.75, 3.05) is 21.3 Å². The molecular weight excluding hydrogens is 556 g/mol. The molecule has 0 bridgehead atoms. The molecule has 44 heavy (non-hydrogen) atoms. The van der Waals surface area contributed by atoms with Crippen LogP contribution in [0.1, 0.15) is 15.9 Å². The van der Waals surface area contributed by atoms with Gasteiger partial charge in [0, 0.05) is 40.2 Å². The number of aromatic amines is 1. The SMILES string of the molecule is COC(=O)[C@H](Cc1c[nH]c2ccccc12)NC(=O)c1ccc2nc(-c3cccc(OC)c3)c(-c3cccc(OC)c3)nc2c1. The molecule has 6 rings (SSSR count). The number of rotatable bonds is 9. The Labute approximate surface area is 253 Å². The second kappa shape index (κ2) is 12.3. The van der Waals surface area contributed by atoms with Crippen molar-refractivity contribution in [2.45, 2.75) is 12.5 Å². The number of para-hydroxylation sites is 1. The van der Waals surface area contributed by atoms with E-state index in [0.29, 0.717) is 39.5 Å². The molecule has 4 aromatic carbocycles. The number of H-pyrrole nitrogens is 1. The molecule has 0 aliphatic rings. The van der Waals surface area contributed by atoms with Crippen molar-refractivity contribution in [3.8, 4) is 34.0 Å². The average molecular weight is 587 g/mol. The predicted octanol–water partition coefficient (Wildman–Crippen LogP) is 5.98. The average Bonchev–Trinajstić information content (AvgIpc) is 3.49. The summed E-state index contributed by atoms with van der Waals surface area (Å²) in [5, 5.41) is 3.84. The standard InChI is InChI=1S/C35H30N4O5/c1-42-25-10-6-8-21(16-25)32-33(22-9-7-11-26(17-22)43-2)38-30-18-23(14-15-29(30)37-32)34(40)39-31(35(41)44-3)19-24-20-36-28-13-5-4-12-27(24)28/h4-18,20,31,36H,19H2,1-3H3,(H,39,40)/t31-/m0/s1. The van der Waals surface area contributed by atoms with Crippen molar-refractivity contribution in [3.63, 3.8) is 0 Å². The lowest BCUT2D eigenvalue weighted by atomic mass is 10.0. The molecule has 0 aliphatic heterocycles. The molecule has 1 atom stereocenters. The molecule has 9 heteroatoms. The van der Waals surface area contributed by atoms with E-state index in [1.807, 2.05) is 79.0 Å².